The van der Waals surface area contributed by atoms with Crippen molar-refractivity contribution in [2.45, 2.75) is 6.18 Å². The number of hydrogen-bond acceptors (Lipinski definition) is 2. The Morgan fingerprint density at radius 3 is 2.62 bits per heavy atom. The summed E-state index contributed by atoms with van der Waals surface area (Å²) in [6.45, 7) is 0. The minimum absolute atomic E-state index is 0.475. The van der Waals surface area contributed by atoms with Crippen LogP contribution in [0, 0.1) is 0 Å². The van der Waals surface area contributed by atoms with E-state index in [1.165, 1.54) is 6.07 Å². The fourth-order valence-electron chi connectivity index (χ4n) is 3.57. The van der Waals surface area contributed by atoms with Crippen LogP contribution in [0.15, 0.2) is 67.3 Å². The fourth-order valence-corrected chi connectivity index (χ4v) is 3.57. The summed E-state index contributed by atoms with van der Waals surface area (Å²) in [6.07, 6.45) is 0.829. The minimum atomic E-state index is -4.38. The number of fused-ring (bicyclic) bond motifs is 2. The molecule has 2 aromatic carbocycles. The van der Waals surface area contributed by atoms with Gasteiger partial charge in [0.15, 0.2) is 0 Å². The Hall–Kier alpha value is -3.61. The van der Waals surface area contributed by atoms with Crippen LogP contribution in [0.1, 0.15) is 5.56 Å². The summed E-state index contributed by atoms with van der Waals surface area (Å²) in [7, 11) is 1.93. The van der Waals surface area contributed by atoms with Crippen LogP contribution in [0.2, 0.25) is 0 Å². The van der Waals surface area contributed by atoms with Crippen molar-refractivity contribution in [3.8, 4) is 22.3 Å². The molecule has 0 unspecified atom stereocenters. The molecule has 0 spiro atoms. The topological polar surface area (TPSA) is 46.5 Å². The van der Waals surface area contributed by atoms with Crippen molar-refractivity contribution in [1.29, 1.82) is 0 Å². The zero-order valence-corrected chi connectivity index (χ0v) is 15.3. The molecule has 144 valence electrons. The molecule has 0 amide bonds. The van der Waals surface area contributed by atoms with E-state index in [-0.39, 0.29) is 0 Å². The number of H-pyrrole nitrogens is 1. The molecule has 0 radical (unpaired) electrons. The van der Waals surface area contributed by atoms with E-state index in [1.807, 2.05) is 42.1 Å². The Balaban J connectivity index is 1.65. The van der Waals surface area contributed by atoms with Gasteiger partial charge in [0.2, 0.25) is 0 Å². The summed E-state index contributed by atoms with van der Waals surface area (Å²) in [4.78, 5) is 11.9. The van der Waals surface area contributed by atoms with E-state index in [0.29, 0.717) is 16.8 Å². The van der Waals surface area contributed by atoms with Crippen molar-refractivity contribution < 1.29 is 13.2 Å². The second kappa shape index (κ2) is 6.20. The molecule has 0 bridgehead atoms. The maximum atomic E-state index is 13.1. The fraction of sp³-hybridized carbons (Fsp3) is 0.0909. The van der Waals surface area contributed by atoms with E-state index < -0.39 is 11.7 Å². The van der Waals surface area contributed by atoms with Crippen molar-refractivity contribution in [1.82, 2.24) is 19.5 Å². The zero-order chi connectivity index (χ0) is 20.2. The first kappa shape index (κ1) is 17.5. The number of alkyl halides is 3. The average Bonchev–Trinajstić information content (AvgIpc) is 3.30. The van der Waals surface area contributed by atoms with Gasteiger partial charge in [0.05, 0.1) is 22.9 Å². The summed E-state index contributed by atoms with van der Waals surface area (Å²) < 4.78 is 41.2. The van der Waals surface area contributed by atoms with Gasteiger partial charge in [-0.15, -0.1) is 0 Å². The van der Waals surface area contributed by atoms with Gasteiger partial charge in [-0.1, -0.05) is 18.2 Å². The van der Waals surface area contributed by atoms with E-state index in [9.17, 15) is 13.2 Å². The molecule has 29 heavy (non-hydrogen) atoms. The lowest BCUT2D eigenvalue weighted by molar-refractivity contribution is -0.137. The monoisotopic (exact) mass is 392 g/mol. The molecule has 4 nitrogen and oxygen atoms in total. The SMILES string of the molecule is Cn1cnc2ccc(-c3c[nH]c4ncc(-c5cccc(C(F)(F)F)c5)cc34)cc21. The van der Waals surface area contributed by atoms with E-state index >= 15 is 0 Å². The third-order valence-electron chi connectivity index (χ3n) is 5.09. The molecule has 3 heterocycles. The number of hydrogen-bond donors (Lipinski definition) is 1. The smallest absolute Gasteiger partial charge is 0.346 e. The highest BCUT2D eigenvalue weighted by atomic mass is 19.4. The molecule has 5 rings (SSSR count). The largest absolute Gasteiger partial charge is 0.416 e. The lowest BCUT2D eigenvalue weighted by atomic mass is 10.0. The first-order valence-corrected chi connectivity index (χ1v) is 8.96. The number of nitrogens with zero attached hydrogens (tertiary/aromatic N) is 3. The molecular weight excluding hydrogens is 377 g/mol. The maximum absolute atomic E-state index is 13.1. The number of pyridine rings is 1. The first-order valence-electron chi connectivity index (χ1n) is 8.96. The number of imidazole rings is 1. The Kier molecular flexibility index (Phi) is 3.74. The van der Waals surface area contributed by atoms with Gasteiger partial charge in [-0.05, 0) is 41.5 Å². The van der Waals surface area contributed by atoms with Gasteiger partial charge in [-0.2, -0.15) is 13.2 Å². The molecule has 5 aromatic rings. The van der Waals surface area contributed by atoms with Crippen LogP contribution in [0.25, 0.3) is 44.3 Å². The molecule has 0 aliphatic rings. The third-order valence-corrected chi connectivity index (χ3v) is 5.09. The molecule has 3 aromatic heterocycles. The molecule has 7 heteroatoms. The molecule has 0 saturated carbocycles. The Bertz CT molecular complexity index is 1360. The lowest BCUT2D eigenvalue weighted by Crippen LogP contribution is -2.04. The molecule has 0 saturated heterocycles. The highest BCUT2D eigenvalue weighted by molar-refractivity contribution is 5.97. The standard InChI is InChI=1S/C22H15F3N4/c1-29-12-28-19-6-5-14(9-20(19)29)18-11-27-21-17(18)8-15(10-26-21)13-3-2-4-16(7-13)22(23,24)25/h2-12H,1H3,(H,26,27). The Morgan fingerprint density at radius 2 is 1.79 bits per heavy atom. The first-order chi connectivity index (χ1) is 13.9. The highest BCUT2D eigenvalue weighted by Gasteiger charge is 2.30. The second-order valence-corrected chi connectivity index (χ2v) is 6.96. The summed E-state index contributed by atoms with van der Waals surface area (Å²) in [6, 6.07) is 13.1. The third kappa shape index (κ3) is 2.95. The second-order valence-electron chi connectivity index (χ2n) is 6.96. The normalized spacial score (nSPS) is 12.1. The van der Waals surface area contributed by atoms with Gasteiger partial charge >= 0.3 is 6.18 Å². The van der Waals surface area contributed by atoms with Crippen LogP contribution in [0.4, 0.5) is 13.2 Å². The highest BCUT2D eigenvalue weighted by Crippen LogP contribution is 2.35. The number of benzene rings is 2. The van der Waals surface area contributed by atoms with E-state index in [0.717, 1.165) is 39.7 Å². The van der Waals surface area contributed by atoms with Crippen molar-refractivity contribution in [3.05, 3.63) is 72.8 Å². The Labute approximate surface area is 163 Å². The van der Waals surface area contributed by atoms with Gasteiger partial charge in [-0.25, -0.2) is 9.97 Å². The molecule has 0 aliphatic heterocycles. The van der Waals surface area contributed by atoms with Crippen LogP contribution < -0.4 is 0 Å². The number of halogens is 3. The van der Waals surface area contributed by atoms with Crippen LogP contribution in [0.5, 0.6) is 0 Å². The molecule has 0 atom stereocenters. The predicted octanol–water partition coefficient (Wildman–Crippen LogP) is 5.80. The van der Waals surface area contributed by atoms with E-state index in [2.05, 4.69) is 15.0 Å². The van der Waals surface area contributed by atoms with Crippen molar-refractivity contribution in [3.63, 3.8) is 0 Å². The van der Waals surface area contributed by atoms with Gasteiger partial charge in [0.25, 0.3) is 0 Å². The van der Waals surface area contributed by atoms with Gasteiger partial charge < -0.3 is 9.55 Å². The number of aromatic nitrogens is 4. The van der Waals surface area contributed by atoms with Crippen LogP contribution in [0.3, 0.4) is 0 Å². The van der Waals surface area contributed by atoms with Gasteiger partial charge in [0, 0.05) is 36.0 Å². The summed E-state index contributed by atoms with van der Waals surface area (Å²) >= 11 is 0. The van der Waals surface area contributed by atoms with E-state index in [1.54, 1.807) is 18.6 Å². The zero-order valence-electron chi connectivity index (χ0n) is 15.3. The number of rotatable bonds is 2. The van der Waals surface area contributed by atoms with Crippen LogP contribution >= 0.6 is 0 Å². The quantitative estimate of drug-likeness (QED) is 0.413. The molecule has 0 aliphatic carbocycles. The number of aryl methyl sites for hydroxylation is 1. The summed E-state index contributed by atoms with van der Waals surface area (Å²) in [5.74, 6) is 0. The minimum Gasteiger partial charge on any atom is -0.346 e. The molecule has 0 fully saturated rings. The van der Waals surface area contributed by atoms with Crippen molar-refractivity contribution in [2.24, 2.45) is 7.05 Å². The molecule has 1 N–H and O–H groups in total. The van der Waals surface area contributed by atoms with Crippen molar-refractivity contribution in [2.75, 3.05) is 0 Å². The average molecular weight is 392 g/mol. The predicted molar refractivity (Wildman–Crippen MR) is 106 cm³/mol. The lowest BCUT2D eigenvalue weighted by Gasteiger charge is -2.09. The summed E-state index contributed by atoms with van der Waals surface area (Å²) in [5.41, 5.74) is 4.93. The van der Waals surface area contributed by atoms with Gasteiger partial charge in [0.1, 0.15) is 5.65 Å². The molecular formula is C22H15F3N4. The van der Waals surface area contributed by atoms with Crippen molar-refractivity contribution >= 4 is 22.1 Å². The Morgan fingerprint density at radius 1 is 0.931 bits per heavy atom. The van der Waals surface area contributed by atoms with Gasteiger partial charge in [-0.3, -0.25) is 0 Å². The van der Waals surface area contributed by atoms with Crippen LogP contribution in [-0.4, -0.2) is 19.5 Å². The number of nitrogens with one attached hydrogen (secondary N) is 1. The summed E-state index contributed by atoms with van der Waals surface area (Å²) in [5, 5.41) is 0.849. The van der Waals surface area contributed by atoms with Crippen LogP contribution in [-0.2, 0) is 13.2 Å². The van der Waals surface area contributed by atoms with E-state index in [4.69, 9.17) is 0 Å². The number of aromatic amines is 1. The maximum Gasteiger partial charge on any atom is 0.416 e.